The predicted octanol–water partition coefficient (Wildman–Crippen LogP) is -0.337. The zero-order chi connectivity index (χ0) is 8.32. The Morgan fingerprint density at radius 3 is 2.73 bits per heavy atom. The molecule has 0 aromatic rings. The van der Waals surface area contributed by atoms with Crippen LogP contribution in [0.2, 0.25) is 0 Å². The molecule has 0 aromatic heterocycles. The molecule has 1 fully saturated rings. The summed E-state index contributed by atoms with van der Waals surface area (Å²) in [7, 11) is 4.10. The standard InChI is InChI=1S/C8H18N2O/c1-9-8(4-6-11)3-5-10(2)7-8/h9,11H,3-7H2,1-2H3. The Kier molecular flexibility index (Phi) is 2.87. The predicted molar refractivity (Wildman–Crippen MR) is 45.6 cm³/mol. The lowest BCUT2D eigenvalue weighted by Gasteiger charge is -2.27. The minimum absolute atomic E-state index is 0.184. The number of hydrogen-bond donors (Lipinski definition) is 2. The van der Waals surface area contributed by atoms with Crippen LogP contribution < -0.4 is 5.32 Å². The van der Waals surface area contributed by atoms with E-state index in [1.165, 1.54) is 0 Å². The quantitative estimate of drug-likeness (QED) is 0.590. The molecule has 0 radical (unpaired) electrons. The molecule has 66 valence electrons. The molecule has 1 atom stereocenters. The lowest BCUT2D eigenvalue weighted by atomic mass is 9.95. The van der Waals surface area contributed by atoms with E-state index in [2.05, 4.69) is 17.3 Å². The van der Waals surface area contributed by atoms with Gasteiger partial charge in [0.1, 0.15) is 0 Å². The fraction of sp³-hybridized carbons (Fsp3) is 1.00. The first-order valence-corrected chi connectivity index (χ1v) is 4.21. The summed E-state index contributed by atoms with van der Waals surface area (Å²) in [6.45, 7) is 2.49. The second-order valence-electron chi connectivity index (χ2n) is 3.49. The van der Waals surface area contributed by atoms with Crippen molar-refractivity contribution >= 4 is 0 Å². The molecule has 3 heteroatoms. The summed E-state index contributed by atoms with van der Waals surface area (Å²) in [5, 5.41) is 12.2. The van der Waals surface area contributed by atoms with Crippen LogP contribution in [0.3, 0.4) is 0 Å². The number of rotatable bonds is 3. The van der Waals surface area contributed by atoms with Crippen molar-refractivity contribution < 1.29 is 5.11 Å². The van der Waals surface area contributed by atoms with E-state index < -0.39 is 0 Å². The third-order valence-corrected chi connectivity index (χ3v) is 2.67. The van der Waals surface area contributed by atoms with Gasteiger partial charge in [-0.3, -0.25) is 0 Å². The minimum atomic E-state index is 0.184. The zero-order valence-electron chi connectivity index (χ0n) is 7.43. The maximum atomic E-state index is 8.85. The lowest BCUT2D eigenvalue weighted by Crippen LogP contribution is -2.45. The number of likely N-dealkylation sites (N-methyl/N-ethyl adjacent to an activating group) is 2. The van der Waals surface area contributed by atoms with Gasteiger partial charge in [-0.15, -0.1) is 0 Å². The van der Waals surface area contributed by atoms with Gasteiger partial charge in [0.2, 0.25) is 0 Å². The van der Waals surface area contributed by atoms with Gasteiger partial charge < -0.3 is 15.3 Å². The summed E-state index contributed by atoms with van der Waals surface area (Å²) in [5.41, 5.74) is 0.184. The summed E-state index contributed by atoms with van der Waals surface area (Å²) in [5.74, 6) is 0. The highest BCUT2D eigenvalue weighted by molar-refractivity contribution is 4.94. The highest BCUT2D eigenvalue weighted by atomic mass is 16.3. The van der Waals surface area contributed by atoms with E-state index in [-0.39, 0.29) is 12.1 Å². The molecule has 1 saturated heterocycles. The summed E-state index contributed by atoms with van der Waals surface area (Å²) < 4.78 is 0. The van der Waals surface area contributed by atoms with Crippen molar-refractivity contribution in [2.24, 2.45) is 0 Å². The molecule has 1 aliphatic rings. The van der Waals surface area contributed by atoms with E-state index in [1.807, 2.05) is 7.05 Å². The molecular weight excluding hydrogens is 140 g/mol. The Morgan fingerprint density at radius 2 is 2.36 bits per heavy atom. The van der Waals surface area contributed by atoms with Gasteiger partial charge in [-0.25, -0.2) is 0 Å². The summed E-state index contributed by atoms with van der Waals surface area (Å²) >= 11 is 0. The average Bonchev–Trinajstić information content (AvgIpc) is 2.34. The van der Waals surface area contributed by atoms with E-state index in [4.69, 9.17) is 5.11 Å². The minimum Gasteiger partial charge on any atom is -0.396 e. The van der Waals surface area contributed by atoms with Gasteiger partial charge in [-0.1, -0.05) is 0 Å². The molecule has 0 aliphatic carbocycles. The van der Waals surface area contributed by atoms with Crippen LogP contribution >= 0.6 is 0 Å². The van der Waals surface area contributed by atoms with Crippen LogP contribution in [-0.4, -0.2) is 49.3 Å². The number of aliphatic hydroxyl groups excluding tert-OH is 1. The van der Waals surface area contributed by atoms with Gasteiger partial charge in [0.15, 0.2) is 0 Å². The first kappa shape index (κ1) is 8.97. The zero-order valence-corrected chi connectivity index (χ0v) is 7.43. The number of hydrogen-bond acceptors (Lipinski definition) is 3. The van der Waals surface area contributed by atoms with Gasteiger partial charge in [-0.05, 0) is 33.5 Å². The summed E-state index contributed by atoms with van der Waals surface area (Å²) in [4.78, 5) is 2.30. The number of nitrogens with one attached hydrogen (secondary N) is 1. The van der Waals surface area contributed by atoms with Crippen molar-refractivity contribution in [1.29, 1.82) is 0 Å². The van der Waals surface area contributed by atoms with Gasteiger partial charge in [0.05, 0.1) is 0 Å². The molecule has 1 unspecified atom stereocenters. The van der Waals surface area contributed by atoms with Gasteiger partial charge in [0, 0.05) is 18.7 Å². The molecule has 0 amide bonds. The molecule has 0 saturated carbocycles. The Hall–Kier alpha value is -0.120. The fourth-order valence-electron chi connectivity index (χ4n) is 1.83. The van der Waals surface area contributed by atoms with Crippen LogP contribution in [0.4, 0.5) is 0 Å². The maximum Gasteiger partial charge on any atom is 0.0449 e. The van der Waals surface area contributed by atoms with E-state index in [9.17, 15) is 0 Å². The average molecular weight is 158 g/mol. The molecule has 1 aliphatic heterocycles. The summed E-state index contributed by atoms with van der Waals surface area (Å²) in [6.07, 6.45) is 2.02. The third kappa shape index (κ3) is 1.92. The highest BCUT2D eigenvalue weighted by Crippen LogP contribution is 2.22. The van der Waals surface area contributed by atoms with E-state index in [1.54, 1.807) is 0 Å². The van der Waals surface area contributed by atoms with Crippen LogP contribution in [0, 0.1) is 0 Å². The number of aliphatic hydroxyl groups is 1. The molecule has 2 N–H and O–H groups in total. The monoisotopic (exact) mass is 158 g/mol. The molecule has 1 heterocycles. The molecule has 0 aromatic carbocycles. The topological polar surface area (TPSA) is 35.5 Å². The van der Waals surface area contributed by atoms with Crippen molar-refractivity contribution in [2.45, 2.75) is 18.4 Å². The second-order valence-corrected chi connectivity index (χ2v) is 3.49. The van der Waals surface area contributed by atoms with Gasteiger partial charge >= 0.3 is 0 Å². The molecule has 3 nitrogen and oxygen atoms in total. The van der Waals surface area contributed by atoms with E-state index in [0.717, 1.165) is 25.9 Å². The molecular formula is C8H18N2O. The first-order chi connectivity index (χ1) is 5.22. The highest BCUT2D eigenvalue weighted by Gasteiger charge is 2.34. The van der Waals surface area contributed by atoms with Crippen LogP contribution in [0.25, 0.3) is 0 Å². The number of nitrogens with zero attached hydrogens (tertiary/aromatic N) is 1. The Bertz CT molecular complexity index is 125. The van der Waals surface area contributed by atoms with Crippen molar-refractivity contribution in [2.75, 3.05) is 33.8 Å². The van der Waals surface area contributed by atoms with E-state index >= 15 is 0 Å². The van der Waals surface area contributed by atoms with Crippen molar-refractivity contribution in [1.82, 2.24) is 10.2 Å². The molecule has 0 bridgehead atoms. The van der Waals surface area contributed by atoms with Crippen molar-refractivity contribution in [3.8, 4) is 0 Å². The second kappa shape index (κ2) is 3.52. The van der Waals surface area contributed by atoms with Crippen LogP contribution in [0.5, 0.6) is 0 Å². The first-order valence-electron chi connectivity index (χ1n) is 4.21. The van der Waals surface area contributed by atoms with Crippen LogP contribution in [0.1, 0.15) is 12.8 Å². The molecule has 0 spiro atoms. The largest absolute Gasteiger partial charge is 0.396 e. The smallest absolute Gasteiger partial charge is 0.0449 e. The SMILES string of the molecule is CNC1(CCO)CCN(C)C1. The van der Waals surface area contributed by atoms with E-state index in [0.29, 0.717) is 0 Å². The summed E-state index contributed by atoms with van der Waals surface area (Å²) in [6, 6.07) is 0. The van der Waals surface area contributed by atoms with Gasteiger partial charge in [-0.2, -0.15) is 0 Å². The Balaban J connectivity index is 2.48. The lowest BCUT2D eigenvalue weighted by molar-refractivity contribution is 0.217. The molecule has 11 heavy (non-hydrogen) atoms. The van der Waals surface area contributed by atoms with Crippen molar-refractivity contribution in [3.63, 3.8) is 0 Å². The van der Waals surface area contributed by atoms with Crippen LogP contribution in [-0.2, 0) is 0 Å². The molecule has 1 rings (SSSR count). The van der Waals surface area contributed by atoms with Crippen molar-refractivity contribution in [3.05, 3.63) is 0 Å². The Labute approximate surface area is 68.4 Å². The fourth-order valence-corrected chi connectivity index (χ4v) is 1.83. The van der Waals surface area contributed by atoms with Crippen LogP contribution in [0.15, 0.2) is 0 Å². The normalized spacial score (nSPS) is 33.0. The third-order valence-electron chi connectivity index (χ3n) is 2.67. The number of likely N-dealkylation sites (tertiary alicyclic amines) is 1. The Morgan fingerprint density at radius 1 is 1.64 bits per heavy atom. The van der Waals surface area contributed by atoms with Gasteiger partial charge in [0.25, 0.3) is 0 Å². The maximum absolute atomic E-state index is 8.85.